The number of carbonyl (C=O) groups excluding carboxylic acids is 2. The van der Waals surface area contributed by atoms with Crippen LogP contribution in [0.4, 0.5) is 0 Å². The van der Waals surface area contributed by atoms with E-state index in [1.165, 1.54) is 22.5 Å². The number of amides is 2. The number of hydrogen-bond acceptors (Lipinski definition) is 5. The third-order valence-electron chi connectivity index (χ3n) is 4.61. The van der Waals surface area contributed by atoms with E-state index in [0.29, 0.717) is 24.2 Å². The van der Waals surface area contributed by atoms with E-state index < -0.39 is 6.23 Å². The second kappa shape index (κ2) is 7.13. The maximum absolute atomic E-state index is 12.6. The third kappa shape index (κ3) is 2.89. The molecule has 2 aromatic rings. The minimum atomic E-state index is -0.633. The molecule has 0 radical (unpaired) electrons. The highest BCUT2D eigenvalue weighted by atomic mass is 32.2. The van der Waals surface area contributed by atoms with Crippen LogP contribution in [0.2, 0.25) is 0 Å². The SMILES string of the molecule is CCC(OSc1cccc2c1OCCC2)N1C(=O)c2ccccc2C1=O. The first-order chi connectivity index (χ1) is 12.7. The van der Waals surface area contributed by atoms with E-state index in [1.807, 2.05) is 19.1 Å². The number of carbonyl (C=O) groups is 2. The molecule has 1 atom stereocenters. The van der Waals surface area contributed by atoms with Gasteiger partial charge in [0.2, 0.25) is 0 Å². The molecule has 2 aromatic carbocycles. The number of aryl methyl sites for hydroxylation is 1. The standard InChI is InChI=1S/C20H19NO4S/c1-2-17(21-19(22)14-9-3-4-10-15(14)20(21)23)25-26-16-11-5-7-13-8-6-12-24-18(13)16/h3-5,7,9-11,17H,2,6,8,12H2,1H3. The first-order valence-electron chi connectivity index (χ1n) is 8.75. The fourth-order valence-corrected chi connectivity index (χ4v) is 4.13. The maximum atomic E-state index is 12.6. The van der Waals surface area contributed by atoms with E-state index in [4.69, 9.17) is 8.92 Å². The lowest BCUT2D eigenvalue weighted by atomic mass is 10.1. The van der Waals surface area contributed by atoms with Crippen molar-refractivity contribution in [1.82, 2.24) is 4.90 Å². The van der Waals surface area contributed by atoms with Crippen molar-refractivity contribution >= 4 is 23.9 Å². The highest BCUT2D eigenvalue weighted by Gasteiger charge is 2.40. The summed E-state index contributed by atoms with van der Waals surface area (Å²) >= 11 is 1.17. The summed E-state index contributed by atoms with van der Waals surface area (Å²) in [5.41, 5.74) is 2.04. The fourth-order valence-electron chi connectivity index (χ4n) is 3.29. The predicted molar refractivity (Wildman–Crippen MR) is 98.2 cm³/mol. The van der Waals surface area contributed by atoms with Gasteiger partial charge in [-0.2, -0.15) is 0 Å². The zero-order valence-corrected chi connectivity index (χ0v) is 15.3. The molecule has 0 saturated carbocycles. The van der Waals surface area contributed by atoms with Gasteiger partial charge in [-0.05, 0) is 43.0 Å². The largest absolute Gasteiger partial charge is 0.492 e. The number of nitrogens with zero attached hydrogens (tertiary/aromatic N) is 1. The zero-order chi connectivity index (χ0) is 18.1. The summed E-state index contributed by atoms with van der Waals surface area (Å²) in [5, 5.41) is 0. The van der Waals surface area contributed by atoms with E-state index in [2.05, 4.69) is 6.07 Å². The Kier molecular flexibility index (Phi) is 4.70. The smallest absolute Gasteiger partial charge is 0.263 e. The Bertz CT molecular complexity index is 832. The van der Waals surface area contributed by atoms with E-state index in [1.54, 1.807) is 24.3 Å². The van der Waals surface area contributed by atoms with Gasteiger partial charge in [0.25, 0.3) is 11.8 Å². The van der Waals surface area contributed by atoms with Gasteiger partial charge < -0.3 is 4.74 Å². The van der Waals surface area contributed by atoms with Crippen LogP contribution < -0.4 is 4.74 Å². The molecule has 0 fully saturated rings. The Labute approximate surface area is 156 Å². The summed E-state index contributed by atoms with van der Waals surface area (Å²) in [5.74, 6) is 0.245. The van der Waals surface area contributed by atoms with Gasteiger partial charge in [0.1, 0.15) is 5.75 Å². The lowest BCUT2D eigenvalue weighted by Crippen LogP contribution is -2.40. The second-order valence-electron chi connectivity index (χ2n) is 6.26. The number of imide groups is 1. The van der Waals surface area contributed by atoms with Gasteiger partial charge in [-0.25, -0.2) is 4.90 Å². The lowest BCUT2D eigenvalue weighted by molar-refractivity contribution is 0.0291. The van der Waals surface area contributed by atoms with E-state index in [9.17, 15) is 9.59 Å². The van der Waals surface area contributed by atoms with Crippen molar-refractivity contribution in [1.29, 1.82) is 0 Å². The van der Waals surface area contributed by atoms with Gasteiger partial charge >= 0.3 is 0 Å². The van der Waals surface area contributed by atoms with Crippen LogP contribution in [0.25, 0.3) is 0 Å². The molecule has 1 unspecified atom stereocenters. The van der Waals surface area contributed by atoms with Crippen molar-refractivity contribution in [2.24, 2.45) is 0 Å². The number of benzene rings is 2. The Balaban J connectivity index is 1.53. The summed E-state index contributed by atoms with van der Waals surface area (Å²) in [6.45, 7) is 2.59. The summed E-state index contributed by atoms with van der Waals surface area (Å²) in [7, 11) is 0. The van der Waals surface area contributed by atoms with Gasteiger partial charge in [-0.15, -0.1) is 0 Å². The number of para-hydroxylation sites is 1. The fraction of sp³-hybridized carbons (Fsp3) is 0.300. The van der Waals surface area contributed by atoms with Crippen molar-refractivity contribution in [3.8, 4) is 5.75 Å². The molecule has 0 spiro atoms. The van der Waals surface area contributed by atoms with Crippen LogP contribution in [0.5, 0.6) is 5.75 Å². The molecule has 134 valence electrons. The van der Waals surface area contributed by atoms with Crippen LogP contribution in [-0.2, 0) is 10.6 Å². The molecule has 0 aromatic heterocycles. The topological polar surface area (TPSA) is 55.8 Å². The van der Waals surface area contributed by atoms with Gasteiger partial charge in [0.05, 0.1) is 22.6 Å². The Morgan fingerprint density at radius 1 is 1.12 bits per heavy atom. The van der Waals surface area contributed by atoms with Gasteiger partial charge in [0, 0.05) is 12.0 Å². The number of ether oxygens (including phenoxy) is 1. The summed E-state index contributed by atoms with van der Waals surface area (Å²) in [6, 6.07) is 12.8. The molecular weight excluding hydrogens is 350 g/mol. The summed E-state index contributed by atoms with van der Waals surface area (Å²) in [6.07, 6.45) is 1.87. The molecular formula is C20H19NO4S. The van der Waals surface area contributed by atoms with Crippen LogP contribution in [0.15, 0.2) is 47.4 Å². The zero-order valence-electron chi connectivity index (χ0n) is 14.4. The second-order valence-corrected chi connectivity index (χ2v) is 7.06. The van der Waals surface area contributed by atoms with Crippen LogP contribution in [0, 0.1) is 0 Å². The molecule has 0 N–H and O–H groups in total. The molecule has 4 rings (SSSR count). The van der Waals surface area contributed by atoms with Gasteiger partial charge in [-0.1, -0.05) is 31.2 Å². The molecule has 0 bridgehead atoms. The van der Waals surface area contributed by atoms with Crippen LogP contribution in [-0.4, -0.2) is 29.5 Å². The Hall–Kier alpha value is -2.31. The van der Waals surface area contributed by atoms with Crippen molar-refractivity contribution in [3.05, 3.63) is 59.2 Å². The minimum absolute atomic E-state index is 0.301. The predicted octanol–water partition coefficient (Wildman–Crippen LogP) is 4.07. The average molecular weight is 369 g/mol. The molecule has 0 saturated heterocycles. The molecule has 0 aliphatic carbocycles. The molecule has 2 amide bonds. The molecule has 6 heteroatoms. The van der Waals surface area contributed by atoms with E-state index in [0.717, 1.165) is 23.5 Å². The van der Waals surface area contributed by atoms with Gasteiger partial charge in [-0.3, -0.25) is 13.8 Å². The summed E-state index contributed by atoms with van der Waals surface area (Å²) < 4.78 is 11.7. The number of rotatable bonds is 5. The molecule has 26 heavy (non-hydrogen) atoms. The Morgan fingerprint density at radius 3 is 2.54 bits per heavy atom. The molecule has 2 aliphatic rings. The molecule has 2 aliphatic heterocycles. The number of hydrogen-bond donors (Lipinski definition) is 0. The molecule has 5 nitrogen and oxygen atoms in total. The average Bonchev–Trinajstić information content (AvgIpc) is 2.94. The maximum Gasteiger partial charge on any atom is 0.263 e. The van der Waals surface area contributed by atoms with Crippen LogP contribution in [0.3, 0.4) is 0 Å². The van der Waals surface area contributed by atoms with E-state index in [-0.39, 0.29) is 11.8 Å². The quantitative estimate of drug-likeness (QED) is 0.587. The highest BCUT2D eigenvalue weighted by Crippen LogP contribution is 2.38. The van der Waals surface area contributed by atoms with Crippen LogP contribution in [0.1, 0.15) is 46.0 Å². The van der Waals surface area contributed by atoms with Crippen molar-refractivity contribution in [2.45, 2.75) is 37.3 Å². The first-order valence-corrected chi connectivity index (χ1v) is 9.49. The molecule has 2 heterocycles. The minimum Gasteiger partial charge on any atom is -0.492 e. The highest BCUT2D eigenvalue weighted by molar-refractivity contribution is 7.94. The monoisotopic (exact) mass is 369 g/mol. The van der Waals surface area contributed by atoms with Gasteiger partial charge in [0.15, 0.2) is 6.23 Å². The van der Waals surface area contributed by atoms with Crippen molar-refractivity contribution in [2.75, 3.05) is 6.61 Å². The normalized spacial score (nSPS) is 16.9. The third-order valence-corrected chi connectivity index (χ3v) is 5.43. The van der Waals surface area contributed by atoms with Crippen LogP contribution >= 0.6 is 12.0 Å². The Morgan fingerprint density at radius 2 is 1.85 bits per heavy atom. The lowest BCUT2D eigenvalue weighted by Gasteiger charge is -2.25. The summed E-state index contributed by atoms with van der Waals surface area (Å²) in [4.78, 5) is 27.4. The first kappa shape index (κ1) is 17.1. The van der Waals surface area contributed by atoms with Crippen molar-refractivity contribution in [3.63, 3.8) is 0 Å². The van der Waals surface area contributed by atoms with Crippen molar-refractivity contribution < 1.29 is 18.5 Å². The number of fused-ring (bicyclic) bond motifs is 2. The van der Waals surface area contributed by atoms with E-state index >= 15 is 0 Å².